The van der Waals surface area contributed by atoms with Gasteiger partial charge in [-0.2, -0.15) is 0 Å². The molecule has 0 aromatic heterocycles. The Bertz CT molecular complexity index is 819. The first-order valence-electron chi connectivity index (χ1n) is 7.36. The van der Waals surface area contributed by atoms with Gasteiger partial charge < -0.3 is 14.4 Å². The number of fused-ring (bicyclic) bond motifs is 1. The first-order valence-corrected chi connectivity index (χ1v) is 7.36. The van der Waals surface area contributed by atoms with E-state index >= 15 is 0 Å². The highest BCUT2D eigenvalue weighted by molar-refractivity contribution is 6.09. The minimum absolute atomic E-state index is 0.0323. The molecule has 2 aromatic carbocycles. The Kier molecular flexibility index (Phi) is 4.07. The molecule has 7 heteroatoms. The van der Waals surface area contributed by atoms with Crippen LogP contribution in [0.25, 0.3) is 0 Å². The molecule has 0 N–H and O–H groups in total. The molecular formula is C17H16N2O5. The van der Waals surface area contributed by atoms with Gasteiger partial charge in [-0.1, -0.05) is 6.07 Å². The summed E-state index contributed by atoms with van der Waals surface area (Å²) in [5, 5.41) is 11.0. The van der Waals surface area contributed by atoms with Gasteiger partial charge in [-0.25, -0.2) is 0 Å². The standard InChI is InChI=1S/C17H16N2O5/c1-23-13-5-6-14(16(10-13)24-2)17(20)18-8-7-11-3-4-12(19(21)22)9-15(11)18/h3-6,9-10H,7-8H2,1-2H3. The van der Waals surface area contributed by atoms with Crippen molar-refractivity contribution < 1.29 is 19.2 Å². The summed E-state index contributed by atoms with van der Waals surface area (Å²) in [6.45, 7) is 0.477. The molecule has 3 rings (SSSR count). The van der Waals surface area contributed by atoms with Crippen LogP contribution in [0.1, 0.15) is 15.9 Å². The Hall–Kier alpha value is -3.09. The zero-order valence-corrected chi connectivity index (χ0v) is 13.3. The van der Waals surface area contributed by atoms with E-state index in [4.69, 9.17) is 9.47 Å². The van der Waals surface area contributed by atoms with Crippen molar-refractivity contribution in [1.82, 2.24) is 0 Å². The molecule has 1 aliphatic heterocycles. The van der Waals surface area contributed by atoms with Crippen molar-refractivity contribution in [1.29, 1.82) is 0 Å². The van der Waals surface area contributed by atoms with E-state index in [2.05, 4.69) is 0 Å². The maximum atomic E-state index is 12.9. The van der Waals surface area contributed by atoms with Crippen LogP contribution < -0.4 is 14.4 Å². The fourth-order valence-corrected chi connectivity index (χ4v) is 2.81. The van der Waals surface area contributed by atoms with Gasteiger partial charge >= 0.3 is 0 Å². The number of carbonyl (C=O) groups is 1. The van der Waals surface area contributed by atoms with Crippen molar-refractivity contribution in [2.45, 2.75) is 6.42 Å². The number of amides is 1. The third-order valence-electron chi connectivity index (χ3n) is 4.06. The largest absolute Gasteiger partial charge is 0.497 e. The van der Waals surface area contributed by atoms with Gasteiger partial charge in [0.2, 0.25) is 0 Å². The van der Waals surface area contributed by atoms with E-state index in [1.807, 2.05) is 0 Å². The van der Waals surface area contributed by atoms with E-state index in [1.165, 1.54) is 26.4 Å². The van der Waals surface area contributed by atoms with Crippen LogP contribution >= 0.6 is 0 Å². The fraction of sp³-hybridized carbons (Fsp3) is 0.235. The molecule has 0 atom stereocenters. The van der Waals surface area contributed by atoms with Crippen LogP contribution in [-0.4, -0.2) is 31.6 Å². The Labute approximate surface area is 138 Å². The number of rotatable bonds is 4. The van der Waals surface area contributed by atoms with Crippen LogP contribution in [0, 0.1) is 10.1 Å². The van der Waals surface area contributed by atoms with Crippen molar-refractivity contribution in [2.75, 3.05) is 25.7 Å². The third kappa shape index (κ3) is 2.64. The number of methoxy groups -OCH3 is 2. The van der Waals surface area contributed by atoms with Gasteiger partial charge in [0.05, 0.1) is 30.4 Å². The van der Waals surface area contributed by atoms with Crippen molar-refractivity contribution in [3.8, 4) is 11.5 Å². The Morgan fingerprint density at radius 2 is 1.96 bits per heavy atom. The summed E-state index contributed by atoms with van der Waals surface area (Å²) < 4.78 is 10.4. The van der Waals surface area contributed by atoms with Crippen molar-refractivity contribution >= 4 is 17.3 Å². The van der Waals surface area contributed by atoms with Gasteiger partial charge in [0, 0.05) is 24.7 Å². The van der Waals surface area contributed by atoms with Crippen LogP contribution in [-0.2, 0) is 6.42 Å². The second kappa shape index (κ2) is 6.19. The van der Waals surface area contributed by atoms with Gasteiger partial charge in [-0.05, 0) is 24.1 Å². The van der Waals surface area contributed by atoms with E-state index < -0.39 is 4.92 Å². The molecule has 0 fully saturated rings. The molecule has 1 amide bonds. The van der Waals surface area contributed by atoms with Gasteiger partial charge in [0.1, 0.15) is 11.5 Å². The second-order valence-electron chi connectivity index (χ2n) is 5.34. The molecule has 0 bridgehead atoms. The highest BCUT2D eigenvalue weighted by Crippen LogP contribution is 2.34. The summed E-state index contributed by atoms with van der Waals surface area (Å²) >= 11 is 0. The minimum Gasteiger partial charge on any atom is -0.497 e. The molecule has 0 aliphatic carbocycles. The molecule has 1 aliphatic rings. The fourth-order valence-electron chi connectivity index (χ4n) is 2.81. The number of nitro benzene ring substituents is 1. The molecular weight excluding hydrogens is 312 g/mol. The van der Waals surface area contributed by atoms with Crippen LogP contribution in [0.4, 0.5) is 11.4 Å². The monoisotopic (exact) mass is 328 g/mol. The molecule has 1 heterocycles. The summed E-state index contributed by atoms with van der Waals surface area (Å²) in [4.78, 5) is 25.0. The predicted molar refractivity (Wildman–Crippen MR) is 88.0 cm³/mol. The molecule has 0 radical (unpaired) electrons. The van der Waals surface area contributed by atoms with Gasteiger partial charge in [0.15, 0.2) is 0 Å². The topological polar surface area (TPSA) is 81.9 Å². The number of nitro groups is 1. The average Bonchev–Trinajstić information content (AvgIpc) is 3.03. The highest BCUT2D eigenvalue weighted by Gasteiger charge is 2.29. The number of anilines is 1. The SMILES string of the molecule is COc1ccc(C(=O)N2CCc3ccc([N+](=O)[O-])cc32)c(OC)c1. The third-order valence-corrected chi connectivity index (χ3v) is 4.06. The zero-order valence-electron chi connectivity index (χ0n) is 13.3. The van der Waals surface area contributed by atoms with Crippen LogP contribution in [0.3, 0.4) is 0 Å². The number of hydrogen-bond acceptors (Lipinski definition) is 5. The molecule has 0 saturated carbocycles. The first kappa shape index (κ1) is 15.8. The Morgan fingerprint density at radius 3 is 2.62 bits per heavy atom. The maximum absolute atomic E-state index is 12.9. The molecule has 124 valence electrons. The quantitative estimate of drug-likeness (QED) is 0.637. The number of non-ortho nitro benzene ring substituents is 1. The first-order chi connectivity index (χ1) is 11.5. The number of hydrogen-bond donors (Lipinski definition) is 0. The van der Waals surface area contributed by atoms with Crippen molar-refractivity contribution in [2.24, 2.45) is 0 Å². The van der Waals surface area contributed by atoms with Crippen LogP contribution in [0.15, 0.2) is 36.4 Å². The molecule has 0 unspecified atom stereocenters. The molecule has 2 aromatic rings. The van der Waals surface area contributed by atoms with E-state index in [0.29, 0.717) is 35.7 Å². The second-order valence-corrected chi connectivity index (χ2v) is 5.34. The number of ether oxygens (including phenoxy) is 2. The summed E-state index contributed by atoms with van der Waals surface area (Å²) in [6, 6.07) is 9.55. The smallest absolute Gasteiger partial charge is 0.271 e. The molecule has 0 saturated heterocycles. The normalized spacial score (nSPS) is 12.7. The lowest BCUT2D eigenvalue weighted by Gasteiger charge is -2.19. The van der Waals surface area contributed by atoms with E-state index in [9.17, 15) is 14.9 Å². The summed E-state index contributed by atoms with van der Waals surface area (Å²) in [6.07, 6.45) is 0.664. The van der Waals surface area contributed by atoms with Crippen molar-refractivity contribution in [3.63, 3.8) is 0 Å². The highest BCUT2D eigenvalue weighted by atomic mass is 16.6. The lowest BCUT2D eigenvalue weighted by Crippen LogP contribution is -2.29. The van der Waals surface area contributed by atoms with Crippen LogP contribution in [0.5, 0.6) is 11.5 Å². The Morgan fingerprint density at radius 1 is 1.17 bits per heavy atom. The molecule has 0 spiro atoms. The summed E-state index contributed by atoms with van der Waals surface area (Å²) in [7, 11) is 3.01. The molecule has 24 heavy (non-hydrogen) atoms. The predicted octanol–water partition coefficient (Wildman–Crippen LogP) is 2.81. The van der Waals surface area contributed by atoms with Gasteiger partial charge in [-0.3, -0.25) is 14.9 Å². The average molecular weight is 328 g/mol. The van der Waals surface area contributed by atoms with Gasteiger partial charge in [-0.15, -0.1) is 0 Å². The minimum atomic E-state index is -0.463. The molecule has 7 nitrogen and oxygen atoms in total. The maximum Gasteiger partial charge on any atom is 0.271 e. The number of benzene rings is 2. The lowest BCUT2D eigenvalue weighted by molar-refractivity contribution is -0.384. The van der Waals surface area contributed by atoms with Crippen LogP contribution in [0.2, 0.25) is 0 Å². The Balaban J connectivity index is 1.99. The lowest BCUT2D eigenvalue weighted by atomic mass is 10.1. The number of nitrogens with zero attached hydrogens (tertiary/aromatic N) is 2. The van der Waals surface area contributed by atoms with Gasteiger partial charge in [0.25, 0.3) is 11.6 Å². The summed E-state index contributed by atoms with van der Waals surface area (Å²) in [5.74, 6) is 0.729. The summed E-state index contributed by atoms with van der Waals surface area (Å²) in [5.41, 5.74) is 1.85. The van der Waals surface area contributed by atoms with E-state index in [-0.39, 0.29) is 11.6 Å². The van der Waals surface area contributed by atoms with E-state index in [0.717, 1.165) is 5.56 Å². The van der Waals surface area contributed by atoms with E-state index in [1.54, 1.807) is 29.2 Å². The number of carbonyl (C=O) groups excluding carboxylic acids is 1. The zero-order chi connectivity index (χ0) is 17.3. The van der Waals surface area contributed by atoms with Crippen molar-refractivity contribution in [3.05, 3.63) is 57.6 Å².